The number of phenolic OH excluding ortho intramolecular Hbond substituents is 2. The van der Waals surface area contributed by atoms with E-state index < -0.39 is 0 Å². The van der Waals surface area contributed by atoms with Crippen molar-refractivity contribution in [2.75, 3.05) is 0 Å². The smallest absolute Gasteiger partial charge is 0.122 e. The molecule has 2 aromatic rings. The van der Waals surface area contributed by atoms with Crippen molar-refractivity contribution in [3.8, 4) is 11.5 Å². The van der Waals surface area contributed by atoms with E-state index in [4.69, 9.17) is 0 Å². The van der Waals surface area contributed by atoms with Crippen LogP contribution in [0.3, 0.4) is 0 Å². The van der Waals surface area contributed by atoms with Crippen molar-refractivity contribution < 1.29 is 10.2 Å². The van der Waals surface area contributed by atoms with Crippen molar-refractivity contribution in [3.63, 3.8) is 0 Å². The van der Waals surface area contributed by atoms with Gasteiger partial charge in [-0.3, -0.25) is 4.90 Å². The number of halogens is 1. The van der Waals surface area contributed by atoms with E-state index in [-0.39, 0.29) is 0 Å². The fraction of sp³-hybridized carbons (Fsp3) is 0.455. The van der Waals surface area contributed by atoms with E-state index in [2.05, 4.69) is 33.8 Å². The van der Waals surface area contributed by atoms with Crippen molar-refractivity contribution in [1.82, 2.24) is 4.90 Å². The molecule has 0 bridgehead atoms. The van der Waals surface area contributed by atoms with Gasteiger partial charge in [-0.1, -0.05) is 52.9 Å². The fourth-order valence-electron chi connectivity index (χ4n) is 4.05. The minimum atomic E-state index is 0.332. The average molecular weight is 418 g/mol. The highest BCUT2D eigenvalue weighted by Crippen LogP contribution is 2.32. The molecule has 0 saturated heterocycles. The van der Waals surface area contributed by atoms with Gasteiger partial charge in [-0.25, -0.2) is 0 Å². The summed E-state index contributed by atoms with van der Waals surface area (Å²) in [6.07, 6.45) is 6.18. The third-order valence-electron chi connectivity index (χ3n) is 5.40. The van der Waals surface area contributed by atoms with Crippen molar-refractivity contribution in [3.05, 3.63) is 57.1 Å². The van der Waals surface area contributed by atoms with Crippen molar-refractivity contribution in [2.45, 2.75) is 65.1 Å². The molecule has 0 aliphatic heterocycles. The maximum Gasteiger partial charge on any atom is 0.122 e. The molecule has 0 aromatic heterocycles. The zero-order valence-electron chi connectivity index (χ0n) is 15.6. The van der Waals surface area contributed by atoms with E-state index >= 15 is 0 Å². The first-order valence-corrected chi connectivity index (χ1v) is 10.2. The van der Waals surface area contributed by atoms with Crippen LogP contribution in [0.25, 0.3) is 0 Å². The van der Waals surface area contributed by atoms with Crippen molar-refractivity contribution in [1.29, 1.82) is 0 Å². The quantitative estimate of drug-likeness (QED) is 0.644. The number of rotatable bonds is 5. The second-order valence-corrected chi connectivity index (χ2v) is 8.48. The third-order valence-corrected chi connectivity index (χ3v) is 5.90. The third kappa shape index (κ3) is 4.60. The summed E-state index contributed by atoms with van der Waals surface area (Å²) in [5.41, 5.74) is 3.99. The first-order valence-electron chi connectivity index (χ1n) is 9.44. The predicted octanol–water partition coefficient (Wildman–Crippen LogP) is 5.81. The summed E-state index contributed by atoms with van der Waals surface area (Å²) >= 11 is 3.51. The van der Waals surface area contributed by atoms with Crippen LogP contribution in [0.2, 0.25) is 0 Å². The van der Waals surface area contributed by atoms with Crippen LogP contribution in [0.15, 0.2) is 34.8 Å². The maximum atomic E-state index is 10.6. The van der Waals surface area contributed by atoms with Gasteiger partial charge in [0.1, 0.15) is 11.5 Å². The Morgan fingerprint density at radius 2 is 1.65 bits per heavy atom. The second kappa shape index (κ2) is 8.45. The Balaban J connectivity index is 1.89. The first-order chi connectivity index (χ1) is 12.4. The van der Waals surface area contributed by atoms with Gasteiger partial charge in [0, 0.05) is 34.7 Å². The van der Waals surface area contributed by atoms with E-state index in [0.29, 0.717) is 30.6 Å². The average Bonchev–Trinajstić information content (AvgIpc) is 2.62. The van der Waals surface area contributed by atoms with Gasteiger partial charge in [0.2, 0.25) is 0 Å². The van der Waals surface area contributed by atoms with E-state index in [1.165, 1.54) is 37.7 Å². The number of hydrogen-bond donors (Lipinski definition) is 2. The molecule has 2 N–H and O–H groups in total. The van der Waals surface area contributed by atoms with Crippen LogP contribution >= 0.6 is 15.9 Å². The van der Waals surface area contributed by atoms with Crippen LogP contribution in [0.5, 0.6) is 11.5 Å². The highest BCUT2D eigenvalue weighted by Gasteiger charge is 2.23. The standard InChI is InChI=1S/C22H28BrNO2/c1-15-10-16(2)22(26)18(11-15)14-24(20-6-4-3-5-7-20)13-17-12-19(23)8-9-21(17)25/h8-12,20,25-26H,3-7,13-14H2,1-2H3. The lowest BCUT2D eigenvalue weighted by molar-refractivity contribution is 0.137. The van der Waals surface area contributed by atoms with Crippen molar-refractivity contribution >= 4 is 15.9 Å². The van der Waals surface area contributed by atoms with Gasteiger partial charge in [0.15, 0.2) is 0 Å². The number of hydrogen-bond acceptors (Lipinski definition) is 3. The Morgan fingerprint density at radius 3 is 2.38 bits per heavy atom. The van der Waals surface area contributed by atoms with Gasteiger partial charge in [-0.05, 0) is 50.5 Å². The van der Waals surface area contributed by atoms with Crippen LogP contribution in [0.1, 0.15) is 54.4 Å². The summed E-state index contributed by atoms with van der Waals surface area (Å²) in [5, 5.41) is 20.8. The number of aromatic hydroxyl groups is 2. The molecule has 3 rings (SSSR count). The Morgan fingerprint density at radius 1 is 0.962 bits per heavy atom. The lowest BCUT2D eigenvalue weighted by atomic mass is 9.93. The van der Waals surface area contributed by atoms with Crippen molar-refractivity contribution in [2.24, 2.45) is 0 Å². The Hall–Kier alpha value is -1.52. The minimum Gasteiger partial charge on any atom is -0.508 e. The largest absolute Gasteiger partial charge is 0.508 e. The molecule has 1 fully saturated rings. The predicted molar refractivity (Wildman–Crippen MR) is 110 cm³/mol. The maximum absolute atomic E-state index is 10.6. The zero-order valence-corrected chi connectivity index (χ0v) is 17.2. The normalized spacial score (nSPS) is 15.5. The lowest BCUT2D eigenvalue weighted by Crippen LogP contribution is -2.36. The molecule has 0 atom stereocenters. The molecule has 2 aromatic carbocycles. The SMILES string of the molecule is Cc1cc(C)c(O)c(CN(Cc2cc(Br)ccc2O)C2CCCCC2)c1. The van der Waals surface area contributed by atoms with E-state index in [1.54, 1.807) is 6.07 Å². The number of phenols is 2. The summed E-state index contributed by atoms with van der Waals surface area (Å²) < 4.78 is 0.975. The zero-order chi connectivity index (χ0) is 18.7. The summed E-state index contributed by atoms with van der Waals surface area (Å²) in [7, 11) is 0. The molecule has 4 heteroatoms. The van der Waals surface area contributed by atoms with Gasteiger partial charge in [-0.15, -0.1) is 0 Å². The molecular formula is C22H28BrNO2. The van der Waals surface area contributed by atoms with Gasteiger partial charge in [0.05, 0.1) is 0 Å². The Labute approximate surface area is 164 Å². The van der Waals surface area contributed by atoms with E-state index in [0.717, 1.165) is 21.2 Å². The van der Waals surface area contributed by atoms with E-state index in [9.17, 15) is 10.2 Å². The second-order valence-electron chi connectivity index (χ2n) is 7.56. The summed E-state index contributed by atoms with van der Waals surface area (Å²) in [5.74, 6) is 0.730. The summed E-state index contributed by atoms with van der Waals surface area (Å²) in [6, 6.07) is 10.2. The summed E-state index contributed by atoms with van der Waals surface area (Å²) in [6.45, 7) is 5.41. The molecule has 1 saturated carbocycles. The molecular weight excluding hydrogens is 390 g/mol. The Kier molecular flexibility index (Phi) is 6.25. The van der Waals surface area contributed by atoms with Gasteiger partial charge in [0.25, 0.3) is 0 Å². The highest BCUT2D eigenvalue weighted by atomic mass is 79.9. The molecule has 0 spiro atoms. The van der Waals surface area contributed by atoms with Crippen LogP contribution in [-0.2, 0) is 13.1 Å². The minimum absolute atomic E-state index is 0.332. The molecule has 26 heavy (non-hydrogen) atoms. The number of nitrogens with zero attached hydrogens (tertiary/aromatic N) is 1. The monoisotopic (exact) mass is 417 g/mol. The molecule has 3 nitrogen and oxygen atoms in total. The molecule has 0 unspecified atom stereocenters. The van der Waals surface area contributed by atoms with Gasteiger partial charge < -0.3 is 10.2 Å². The first kappa shape index (κ1) is 19.2. The van der Waals surface area contributed by atoms with E-state index in [1.807, 2.05) is 25.1 Å². The van der Waals surface area contributed by atoms with Crippen LogP contribution in [0.4, 0.5) is 0 Å². The Bertz CT molecular complexity index is 769. The summed E-state index contributed by atoms with van der Waals surface area (Å²) in [4.78, 5) is 2.43. The molecule has 140 valence electrons. The molecule has 0 heterocycles. The highest BCUT2D eigenvalue weighted by molar-refractivity contribution is 9.10. The van der Waals surface area contributed by atoms with Crippen LogP contribution < -0.4 is 0 Å². The number of benzene rings is 2. The fourth-order valence-corrected chi connectivity index (χ4v) is 4.46. The topological polar surface area (TPSA) is 43.7 Å². The molecule has 0 amide bonds. The number of aryl methyl sites for hydroxylation is 2. The van der Waals surface area contributed by atoms with Gasteiger partial charge in [-0.2, -0.15) is 0 Å². The lowest BCUT2D eigenvalue weighted by Gasteiger charge is -2.35. The van der Waals surface area contributed by atoms with Gasteiger partial charge >= 0.3 is 0 Å². The van der Waals surface area contributed by atoms with Crippen LogP contribution in [0, 0.1) is 13.8 Å². The molecule has 1 aliphatic rings. The molecule has 0 radical (unpaired) electrons. The van der Waals surface area contributed by atoms with Crippen LogP contribution in [-0.4, -0.2) is 21.2 Å². The molecule has 1 aliphatic carbocycles.